The van der Waals surface area contributed by atoms with E-state index in [4.69, 9.17) is 9.47 Å². The van der Waals surface area contributed by atoms with E-state index >= 15 is 0 Å². The number of rotatable bonds is 1. The topological polar surface area (TPSA) is 35.5 Å². The lowest BCUT2D eigenvalue weighted by Gasteiger charge is -2.19. The smallest absolute Gasteiger partial charge is 0.428 e. The van der Waals surface area contributed by atoms with Gasteiger partial charge in [0.1, 0.15) is 11.4 Å². The molecule has 0 heterocycles. The van der Waals surface area contributed by atoms with Crippen LogP contribution in [-0.4, -0.2) is 11.8 Å². The first kappa shape index (κ1) is 11.7. The first-order chi connectivity index (χ1) is 7.96. The number of hydrogen-bond donors (Lipinski definition) is 0. The molecule has 1 aromatic rings. The molecular weight excluding hydrogens is 216 g/mol. The third kappa shape index (κ3) is 2.87. The second-order valence-electron chi connectivity index (χ2n) is 5.00. The number of carbonyl (C=O) groups excluding carboxylic acids is 1. The van der Waals surface area contributed by atoms with Gasteiger partial charge in [-0.3, -0.25) is 0 Å². The quantitative estimate of drug-likeness (QED) is 0.695. The van der Waals surface area contributed by atoms with Gasteiger partial charge in [0.2, 0.25) is 0 Å². The molecule has 0 radical (unpaired) electrons. The molecule has 0 unspecified atom stereocenters. The number of ether oxygens (including phenoxy) is 2. The van der Waals surface area contributed by atoms with Crippen LogP contribution in [0.3, 0.4) is 0 Å². The molecule has 0 atom stereocenters. The van der Waals surface area contributed by atoms with Gasteiger partial charge in [-0.05, 0) is 38.8 Å². The average Bonchev–Trinajstić information content (AvgIpc) is 2.59. The lowest BCUT2D eigenvalue weighted by molar-refractivity contribution is 0.0148. The fourth-order valence-corrected chi connectivity index (χ4v) is 1.71. The van der Waals surface area contributed by atoms with Crippen molar-refractivity contribution in [2.24, 2.45) is 0 Å². The normalized spacial score (nSPS) is 13.9. The molecule has 3 nitrogen and oxygen atoms in total. The summed E-state index contributed by atoms with van der Waals surface area (Å²) >= 11 is 0. The third-order valence-electron chi connectivity index (χ3n) is 2.37. The number of benzene rings is 1. The minimum atomic E-state index is -0.652. The van der Waals surface area contributed by atoms with Crippen molar-refractivity contribution < 1.29 is 14.3 Å². The van der Waals surface area contributed by atoms with Gasteiger partial charge in [0.25, 0.3) is 0 Å². The molecule has 0 saturated heterocycles. The second kappa shape index (κ2) is 4.24. The van der Waals surface area contributed by atoms with Crippen LogP contribution in [0.15, 0.2) is 30.3 Å². The average molecular weight is 232 g/mol. The lowest BCUT2D eigenvalue weighted by atomic mass is 10.1. The fourth-order valence-electron chi connectivity index (χ4n) is 1.71. The van der Waals surface area contributed by atoms with Gasteiger partial charge in [-0.25, -0.2) is 4.79 Å². The van der Waals surface area contributed by atoms with E-state index < -0.39 is 11.8 Å². The van der Waals surface area contributed by atoms with Crippen LogP contribution in [0.4, 0.5) is 4.79 Å². The van der Waals surface area contributed by atoms with Crippen LogP contribution in [0, 0.1) is 0 Å². The van der Waals surface area contributed by atoms with Gasteiger partial charge in [0.15, 0.2) is 0 Å². The molecule has 0 fully saturated rings. The van der Waals surface area contributed by atoms with Crippen LogP contribution in [0.25, 0.3) is 5.76 Å². The minimum absolute atomic E-state index is 0.532. The summed E-state index contributed by atoms with van der Waals surface area (Å²) in [6, 6.07) is 7.87. The molecule has 1 aliphatic carbocycles. The zero-order valence-electron chi connectivity index (χ0n) is 10.3. The van der Waals surface area contributed by atoms with Gasteiger partial charge in [-0.1, -0.05) is 24.3 Å². The lowest BCUT2D eigenvalue weighted by Crippen LogP contribution is -2.24. The van der Waals surface area contributed by atoms with Crippen molar-refractivity contribution in [3.8, 4) is 0 Å². The molecule has 0 aromatic heterocycles. The van der Waals surface area contributed by atoms with E-state index in [-0.39, 0.29) is 0 Å². The Morgan fingerprint density at radius 3 is 2.65 bits per heavy atom. The number of fused-ring (bicyclic) bond motifs is 1. The maximum Gasteiger partial charge on any atom is 0.514 e. The van der Waals surface area contributed by atoms with Gasteiger partial charge in [0.05, 0.1) is 0 Å². The predicted octanol–water partition coefficient (Wildman–Crippen LogP) is 3.54. The van der Waals surface area contributed by atoms with Gasteiger partial charge in [-0.15, -0.1) is 0 Å². The summed E-state index contributed by atoms with van der Waals surface area (Å²) in [5.74, 6) is 0.592. The molecule has 0 N–H and O–H groups in total. The predicted molar refractivity (Wildman–Crippen MR) is 65.4 cm³/mol. The molecule has 0 amide bonds. The van der Waals surface area contributed by atoms with Crippen molar-refractivity contribution in [1.82, 2.24) is 0 Å². The zero-order valence-corrected chi connectivity index (χ0v) is 10.3. The Labute approximate surface area is 101 Å². The number of hydrogen-bond acceptors (Lipinski definition) is 3. The molecule has 3 heteroatoms. The molecule has 1 aromatic carbocycles. The molecule has 17 heavy (non-hydrogen) atoms. The van der Waals surface area contributed by atoms with Crippen molar-refractivity contribution in [3.63, 3.8) is 0 Å². The van der Waals surface area contributed by atoms with Gasteiger partial charge >= 0.3 is 6.16 Å². The number of allylic oxidation sites excluding steroid dienone is 1. The van der Waals surface area contributed by atoms with Crippen LogP contribution in [0.5, 0.6) is 0 Å². The van der Waals surface area contributed by atoms with Crippen molar-refractivity contribution in [2.45, 2.75) is 32.8 Å². The van der Waals surface area contributed by atoms with E-state index in [0.29, 0.717) is 5.76 Å². The molecule has 1 aliphatic rings. The molecule has 0 aliphatic heterocycles. The van der Waals surface area contributed by atoms with E-state index in [1.807, 2.05) is 51.1 Å². The maximum atomic E-state index is 11.5. The molecule has 0 spiro atoms. The maximum absolute atomic E-state index is 11.5. The fraction of sp³-hybridized carbons (Fsp3) is 0.357. The summed E-state index contributed by atoms with van der Waals surface area (Å²) in [5.41, 5.74) is 1.61. The van der Waals surface area contributed by atoms with Crippen LogP contribution in [0.1, 0.15) is 31.9 Å². The van der Waals surface area contributed by atoms with Gasteiger partial charge in [0, 0.05) is 5.56 Å². The van der Waals surface area contributed by atoms with Crippen molar-refractivity contribution >= 4 is 11.9 Å². The monoisotopic (exact) mass is 232 g/mol. The molecule has 0 saturated carbocycles. The highest BCUT2D eigenvalue weighted by atomic mass is 16.7. The van der Waals surface area contributed by atoms with Crippen LogP contribution in [0.2, 0.25) is 0 Å². The van der Waals surface area contributed by atoms with Crippen LogP contribution >= 0.6 is 0 Å². The Hall–Kier alpha value is -1.77. The highest BCUT2D eigenvalue weighted by molar-refractivity contribution is 5.76. The minimum Gasteiger partial charge on any atom is -0.428 e. The van der Waals surface area contributed by atoms with E-state index in [9.17, 15) is 4.79 Å². The Kier molecular flexibility index (Phi) is 2.92. The molecular formula is C14H16O3. The van der Waals surface area contributed by atoms with Crippen molar-refractivity contribution in [3.05, 3.63) is 41.5 Å². The van der Waals surface area contributed by atoms with Crippen molar-refractivity contribution in [1.29, 1.82) is 0 Å². The first-order valence-corrected chi connectivity index (χ1v) is 5.65. The van der Waals surface area contributed by atoms with Gasteiger partial charge in [-0.2, -0.15) is 0 Å². The standard InChI is InChI=1S/C14H16O3/c1-14(2,3)17-13(15)16-12-9-8-10-6-4-5-7-11(10)12/h4-7,9H,8H2,1-3H3. The van der Waals surface area contributed by atoms with E-state index in [1.165, 1.54) is 5.56 Å². The zero-order chi connectivity index (χ0) is 12.5. The largest absolute Gasteiger partial charge is 0.514 e. The number of carbonyl (C=O) groups is 1. The summed E-state index contributed by atoms with van der Waals surface area (Å²) < 4.78 is 10.3. The summed E-state index contributed by atoms with van der Waals surface area (Å²) in [7, 11) is 0. The van der Waals surface area contributed by atoms with Crippen LogP contribution < -0.4 is 0 Å². The van der Waals surface area contributed by atoms with Gasteiger partial charge < -0.3 is 9.47 Å². The molecule has 0 bridgehead atoms. The second-order valence-corrected chi connectivity index (χ2v) is 5.00. The van der Waals surface area contributed by atoms with Crippen molar-refractivity contribution in [2.75, 3.05) is 0 Å². The molecule has 90 valence electrons. The Bertz CT molecular complexity index is 467. The summed E-state index contributed by atoms with van der Waals surface area (Å²) in [6.45, 7) is 5.43. The molecule has 2 rings (SSSR count). The highest BCUT2D eigenvalue weighted by Crippen LogP contribution is 2.28. The summed E-state index contributed by atoms with van der Waals surface area (Å²) in [4.78, 5) is 11.5. The summed E-state index contributed by atoms with van der Waals surface area (Å²) in [6.07, 6.45) is 2.04. The highest BCUT2D eigenvalue weighted by Gasteiger charge is 2.22. The summed E-state index contributed by atoms with van der Waals surface area (Å²) in [5, 5.41) is 0. The SMILES string of the molecule is CC(C)(C)OC(=O)OC1=CCc2ccccc21. The Morgan fingerprint density at radius 1 is 1.24 bits per heavy atom. The first-order valence-electron chi connectivity index (χ1n) is 5.65. The van der Waals surface area contributed by atoms with E-state index in [2.05, 4.69) is 0 Å². The van der Waals surface area contributed by atoms with E-state index in [0.717, 1.165) is 12.0 Å². The van der Waals surface area contributed by atoms with E-state index in [1.54, 1.807) is 0 Å². The Balaban J connectivity index is 2.05. The van der Waals surface area contributed by atoms with Crippen LogP contribution in [-0.2, 0) is 15.9 Å². The Morgan fingerprint density at radius 2 is 1.94 bits per heavy atom. The third-order valence-corrected chi connectivity index (χ3v) is 2.37.